The third-order valence-electron chi connectivity index (χ3n) is 13.9. The molecule has 1 N–H and O–H groups in total. The van der Waals surface area contributed by atoms with Gasteiger partial charge >= 0.3 is 0 Å². The summed E-state index contributed by atoms with van der Waals surface area (Å²) in [6.45, 7) is 20.9. The van der Waals surface area contributed by atoms with Gasteiger partial charge in [0.25, 0.3) is 0 Å². The first kappa shape index (κ1) is 22.7. The lowest BCUT2D eigenvalue weighted by molar-refractivity contribution is -0.263. The monoisotopic (exact) mass is 428 g/mol. The minimum absolute atomic E-state index is 0.0781. The van der Waals surface area contributed by atoms with Crippen LogP contribution in [0.3, 0.4) is 0 Å². The molecule has 0 saturated heterocycles. The van der Waals surface area contributed by atoms with Gasteiger partial charge in [-0.05, 0) is 127 Å². The molecule has 5 unspecified atom stereocenters. The maximum atomic E-state index is 10.7. The Morgan fingerprint density at radius 3 is 1.90 bits per heavy atom. The lowest BCUT2D eigenvalue weighted by Crippen LogP contribution is -2.67. The number of hydrogen-bond acceptors (Lipinski definition) is 1. The van der Waals surface area contributed by atoms with Gasteiger partial charge in [-0.15, -0.1) is 0 Å². The molecule has 1 heteroatoms. The van der Waals surface area contributed by atoms with Gasteiger partial charge in [-0.25, -0.2) is 0 Å². The lowest BCUT2D eigenvalue weighted by atomic mass is 9.30. The molecule has 5 fully saturated rings. The highest BCUT2D eigenvalue weighted by atomic mass is 16.3. The van der Waals surface area contributed by atoms with Gasteiger partial charge in [0.15, 0.2) is 0 Å². The molecule has 0 spiro atoms. The summed E-state index contributed by atoms with van der Waals surface area (Å²) in [4.78, 5) is 0. The van der Waals surface area contributed by atoms with Crippen molar-refractivity contribution < 1.29 is 5.11 Å². The molecule has 1 nitrogen and oxygen atoms in total. The normalized spacial score (nSPS) is 60.9. The molecule has 0 heterocycles. The number of aliphatic hydroxyl groups is 1. The third-order valence-corrected chi connectivity index (χ3v) is 13.9. The second kappa shape index (κ2) is 6.55. The maximum Gasteiger partial charge on any atom is 0.0571 e. The predicted molar refractivity (Wildman–Crippen MR) is 131 cm³/mol. The Labute approximate surface area is 193 Å². The van der Waals surface area contributed by atoms with E-state index in [1.807, 2.05) is 0 Å². The van der Waals surface area contributed by atoms with Crippen LogP contribution in [0.4, 0.5) is 0 Å². The molecule has 0 amide bonds. The molecule has 31 heavy (non-hydrogen) atoms. The maximum absolute atomic E-state index is 10.7. The molecule has 0 aromatic carbocycles. The molecule has 10 atom stereocenters. The molecule has 5 aliphatic rings. The molecule has 5 rings (SSSR count). The van der Waals surface area contributed by atoms with Crippen molar-refractivity contribution in [2.45, 2.75) is 132 Å². The van der Waals surface area contributed by atoms with Crippen LogP contribution in [0.25, 0.3) is 0 Å². The van der Waals surface area contributed by atoms with Gasteiger partial charge in [-0.1, -0.05) is 55.4 Å². The van der Waals surface area contributed by atoms with Gasteiger partial charge in [-0.2, -0.15) is 0 Å². The van der Waals surface area contributed by atoms with Crippen LogP contribution < -0.4 is 0 Å². The van der Waals surface area contributed by atoms with Crippen LogP contribution in [0.2, 0.25) is 0 Å². The quantitative estimate of drug-likeness (QED) is 0.412. The van der Waals surface area contributed by atoms with E-state index >= 15 is 0 Å². The van der Waals surface area contributed by atoms with Crippen molar-refractivity contribution >= 4 is 0 Å². The fourth-order valence-electron chi connectivity index (χ4n) is 11.4. The topological polar surface area (TPSA) is 20.2 Å². The second-order valence-corrected chi connectivity index (χ2v) is 15.5. The summed E-state index contributed by atoms with van der Waals surface area (Å²) in [5.74, 6) is 3.02. The summed E-state index contributed by atoms with van der Waals surface area (Å²) in [6.07, 6.45) is 15.1. The van der Waals surface area contributed by atoms with E-state index in [2.05, 4.69) is 55.4 Å². The van der Waals surface area contributed by atoms with Crippen molar-refractivity contribution in [3.8, 4) is 0 Å². The second-order valence-electron chi connectivity index (χ2n) is 15.5. The molecule has 5 aliphatic carbocycles. The van der Waals surface area contributed by atoms with E-state index in [1.54, 1.807) is 0 Å². The molecule has 0 aliphatic heterocycles. The van der Waals surface area contributed by atoms with Crippen molar-refractivity contribution in [1.82, 2.24) is 0 Å². The first-order valence-electron chi connectivity index (χ1n) is 13.9. The molecule has 0 bridgehead atoms. The van der Waals surface area contributed by atoms with Crippen molar-refractivity contribution in [2.75, 3.05) is 0 Å². The third kappa shape index (κ3) is 2.77. The molecule has 0 aromatic heterocycles. The summed E-state index contributed by atoms with van der Waals surface area (Å²) in [5.41, 5.74) is 2.88. The Kier molecular flexibility index (Phi) is 4.80. The molecule has 0 aromatic rings. The van der Waals surface area contributed by atoms with Gasteiger partial charge < -0.3 is 5.11 Å². The summed E-state index contributed by atoms with van der Waals surface area (Å²) in [5, 5.41) is 10.7. The highest BCUT2D eigenvalue weighted by Crippen LogP contribution is 2.78. The smallest absolute Gasteiger partial charge is 0.0571 e. The average molecular weight is 429 g/mol. The number of fused-ring (bicyclic) bond motifs is 7. The first-order valence-corrected chi connectivity index (χ1v) is 13.9. The van der Waals surface area contributed by atoms with Gasteiger partial charge in [0.05, 0.1) is 6.10 Å². The number of hydrogen-bond donors (Lipinski definition) is 1. The molecule has 0 radical (unpaired) electrons. The first-order chi connectivity index (χ1) is 14.2. The largest absolute Gasteiger partial charge is 0.393 e. The van der Waals surface area contributed by atoms with Crippen molar-refractivity contribution in [1.29, 1.82) is 0 Å². The van der Waals surface area contributed by atoms with E-state index in [1.165, 1.54) is 64.2 Å². The van der Waals surface area contributed by atoms with E-state index in [0.29, 0.717) is 38.4 Å². The summed E-state index contributed by atoms with van der Waals surface area (Å²) in [6, 6.07) is 0. The zero-order valence-electron chi connectivity index (χ0n) is 22.1. The number of aliphatic hydroxyl groups excluding tert-OH is 1. The highest BCUT2D eigenvalue weighted by molar-refractivity contribution is 5.19. The van der Waals surface area contributed by atoms with Crippen LogP contribution in [0.5, 0.6) is 0 Å². The molecule has 5 saturated carbocycles. The average Bonchev–Trinajstić information content (AvgIpc) is 2.69. The van der Waals surface area contributed by atoms with Gasteiger partial charge in [0.1, 0.15) is 0 Å². The van der Waals surface area contributed by atoms with Crippen LogP contribution >= 0.6 is 0 Å². The molecular weight excluding hydrogens is 376 g/mol. The van der Waals surface area contributed by atoms with Gasteiger partial charge in [0, 0.05) is 0 Å². The minimum atomic E-state index is -0.0781. The van der Waals surface area contributed by atoms with Crippen molar-refractivity contribution in [2.24, 2.45) is 56.2 Å². The van der Waals surface area contributed by atoms with E-state index in [4.69, 9.17) is 0 Å². The predicted octanol–water partition coefficient (Wildman–Crippen LogP) is 8.25. The zero-order chi connectivity index (χ0) is 22.7. The van der Waals surface area contributed by atoms with E-state index < -0.39 is 0 Å². The van der Waals surface area contributed by atoms with E-state index in [0.717, 1.165) is 24.2 Å². The zero-order valence-corrected chi connectivity index (χ0v) is 22.1. The van der Waals surface area contributed by atoms with Crippen molar-refractivity contribution in [3.05, 3.63) is 0 Å². The summed E-state index contributed by atoms with van der Waals surface area (Å²) >= 11 is 0. The molecular formula is C30H52O. The summed E-state index contributed by atoms with van der Waals surface area (Å²) < 4.78 is 0. The Balaban J connectivity index is 1.54. The van der Waals surface area contributed by atoms with Crippen molar-refractivity contribution in [3.63, 3.8) is 0 Å². The Morgan fingerprint density at radius 2 is 1.19 bits per heavy atom. The van der Waals surface area contributed by atoms with Gasteiger partial charge in [0.2, 0.25) is 0 Å². The fourth-order valence-corrected chi connectivity index (χ4v) is 11.4. The standard InChI is InChI=1S/C30H52O/c1-20-21(31)9-10-22-27(20,5)12-11-23-28(22,6)16-18-30(8)24-19-25(2,3)13-14-26(24,4)15-17-29(23,30)7/h20-24,31H,9-19H2,1-8H3/t20?,21?,22?,23?,24?,26-,27-,28+,29-,30+/m1/s1. The highest BCUT2D eigenvalue weighted by Gasteiger charge is 2.70. The Morgan fingerprint density at radius 1 is 0.581 bits per heavy atom. The van der Waals surface area contributed by atoms with Gasteiger partial charge in [-0.3, -0.25) is 0 Å². The van der Waals surface area contributed by atoms with Crippen LogP contribution in [0.1, 0.15) is 126 Å². The Bertz CT molecular complexity index is 741. The number of rotatable bonds is 0. The summed E-state index contributed by atoms with van der Waals surface area (Å²) in [7, 11) is 0. The van der Waals surface area contributed by atoms with Crippen LogP contribution in [-0.4, -0.2) is 11.2 Å². The SMILES string of the molecule is CC1C(O)CCC2[C@]3(C)CC[C@@]4(C)C5CC(C)(C)CC[C@]5(C)CC[C@]4(C)C3CC[C@]12C. The fraction of sp³-hybridized carbons (Fsp3) is 1.00. The van der Waals surface area contributed by atoms with E-state index in [9.17, 15) is 5.11 Å². The lowest BCUT2D eigenvalue weighted by Gasteiger charge is -2.75. The van der Waals surface area contributed by atoms with Crippen LogP contribution in [0.15, 0.2) is 0 Å². The van der Waals surface area contributed by atoms with Crippen LogP contribution in [-0.2, 0) is 0 Å². The Hall–Kier alpha value is -0.0400. The minimum Gasteiger partial charge on any atom is -0.393 e. The molecule has 178 valence electrons. The van der Waals surface area contributed by atoms with E-state index in [-0.39, 0.29) is 6.10 Å². The van der Waals surface area contributed by atoms with Crippen LogP contribution in [0, 0.1) is 56.2 Å².